The Morgan fingerprint density at radius 2 is 1.85 bits per heavy atom. The van der Waals surface area contributed by atoms with Gasteiger partial charge in [-0.15, -0.1) is 0 Å². The van der Waals surface area contributed by atoms with Gasteiger partial charge in [-0.05, 0) is 43.7 Å². The zero-order valence-electron chi connectivity index (χ0n) is 15.6. The molecule has 0 radical (unpaired) electrons. The van der Waals surface area contributed by atoms with E-state index in [0.717, 1.165) is 22.4 Å². The lowest BCUT2D eigenvalue weighted by atomic mass is 10.1. The van der Waals surface area contributed by atoms with Crippen LogP contribution >= 0.6 is 0 Å². The third-order valence-electron chi connectivity index (χ3n) is 4.41. The summed E-state index contributed by atoms with van der Waals surface area (Å²) >= 11 is 0. The van der Waals surface area contributed by atoms with Crippen molar-refractivity contribution >= 4 is 5.97 Å². The molecule has 0 aliphatic heterocycles. The third-order valence-corrected chi connectivity index (χ3v) is 4.41. The van der Waals surface area contributed by atoms with Gasteiger partial charge >= 0.3 is 5.97 Å². The van der Waals surface area contributed by atoms with E-state index in [-0.39, 0.29) is 12.0 Å². The van der Waals surface area contributed by atoms with Gasteiger partial charge in [0.25, 0.3) is 0 Å². The van der Waals surface area contributed by atoms with Crippen molar-refractivity contribution in [1.82, 2.24) is 20.3 Å². The number of esters is 1. The Balaban J connectivity index is 1.66. The highest BCUT2D eigenvalue weighted by atomic mass is 16.5. The number of nitrogens with one attached hydrogen (secondary N) is 1. The summed E-state index contributed by atoms with van der Waals surface area (Å²) in [6.45, 7) is 4.75. The lowest BCUT2D eigenvalue weighted by molar-refractivity contribution is 0.0600. The van der Waals surface area contributed by atoms with Crippen molar-refractivity contribution in [2.45, 2.75) is 26.4 Å². The molecule has 3 aromatic rings. The molecule has 0 saturated heterocycles. The van der Waals surface area contributed by atoms with Gasteiger partial charge in [0.05, 0.1) is 12.7 Å². The molecule has 3 rings (SSSR count). The van der Waals surface area contributed by atoms with Crippen molar-refractivity contribution in [3.63, 3.8) is 0 Å². The second kappa shape index (κ2) is 8.51. The number of aromatic nitrogens is 3. The van der Waals surface area contributed by atoms with Gasteiger partial charge in [-0.3, -0.25) is 4.98 Å². The van der Waals surface area contributed by atoms with E-state index in [1.807, 2.05) is 37.4 Å². The molecule has 2 aromatic heterocycles. The van der Waals surface area contributed by atoms with Crippen LogP contribution in [0.15, 0.2) is 55.0 Å². The largest absolute Gasteiger partial charge is 0.465 e. The molecule has 0 unspecified atom stereocenters. The summed E-state index contributed by atoms with van der Waals surface area (Å²) < 4.78 is 4.71. The number of nitrogens with zero attached hydrogens (tertiary/aromatic N) is 3. The topological polar surface area (TPSA) is 77.0 Å². The predicted molar refractivity (Wildman–Crippen MR) is 103 cm³/mol. The van der Waals surface area contributed by atoms with E-state index in [1.165, 1.54) is 7.11 Å². The minimum atomic E-state index is -0.329. The number of hydrogen-bond acceptors (Lipinski definition) is 6. The zero-order valence-corrected chi connectivity index (χ0v) is 15.6. The van der Waals surface area contributed by atoms with Gasteiger partial charge in [-0.2, -0.15) is 0 Å². The van der Waals surface area contributed by atoms with Crippen molar-refractivity contribution in [1.29, 1.82) is 0 Å². The van der Waals surface area contributed by atoms with E-state index in [1.54, 1.807) is 24.5 Å². The first kappa shape index (κ1) is 18.7. The van der Waals surface area contributed by atoms with Gasteiger partial charge in [-0.1, -0.05) is 12.1 Å². The van der Waals surface area contributed by atoms with Crippen LogP contribution in [0, 0.1) is 6.92 Å². The van der Waals surface area contributed by atoms with E-state index in [9.17, 15) is 4.79 Å². The van der Waals surface area contributed by atoms with Gasteiger partial charge in [0.2, 0.25) is 0 Å². The molecule has 0 amide bonds. The molecule has 1 atom stereocenters. The molecule has 2 heterocycles. The van der Waals surface area contributed by atoms with E-state index >= 15 is 0 Å². The van der Waals surface area contributed by atoms with Crippen molar-refractivity contribution in [3.8, 4) is 11.4 Å². The summed E-state index contributed by atoms with van der Waals surface area (Å²) in [4.78, 5) is 24.6. The summed E-state index contributed by atoms with van der Waals surface area (Å²) in [6.07, 6.45) is 5.34. The highest BCUT2D eigenvalue weighted by Crippen LogP contribution is 2.20. The molecular formula is C21H22N4O2. The standard InChI is InChI=1S/C21H22N4O2/c1-14(23-12-16-4-6-18(7-5-16)21(26)27-3)19-13-24-20(25-15(19)2)17-8-10-22-11-9-17/h4-11,13-14,23H,12H2,1-3H3/t14-/m0/s1. The number of carbonyl (C=O) groups is 1. The number of hydrogen-bond donors (Lipinski definition) is 1. The van der Waals surface area contributed by atoms with Crippen LogP contribution in [0.25, 0.3) is 11.4 Å². The second-order valence-electron chi connectivity index (χ2n) is 6.26. The van der Waals surface area contributed by atoms with Crippen LogP contribution in [0.4, 0.5) is 0 Å². The van der Waals surface area contributed by atoms with Crippen LogP contribution < -0.4 is 5.32 Å². The van der Waals surface area contributed by atoms with Gasteiger partial charge in [0, 0.05) is 48.0 Å². The van der Waals surface area contributed by atoms with E-state index in [2.05, 4.69) is 27.2 Å². The highest BCUT2D eigenvalue weighted by Gasteiger charge is 2.12. The minimum Gasteiger partial charge on any atom is -0.465 e. The first-order valence-corrected chi connectivity index (χ1v) is 8.73. The maximum Gasteiger partial charge on any atom is 0.337 e. The van der Waals surface area contributed by atoms with E-state index < -0.39 is 0 Å². The monoisotopic (exact) mass is 362 g/mol. The Morgan fingerprint density at radius 3 is 2.48 bits per heavy atom. The first-order chi connectivity index (χ1) is 13.1. The van der Waals surface area contributed by atoms with Crippen LogP contribution in [-0.2, 0) is 11.3 Å². The first-order valence-electron chi connectivity index (χ1n) is 8.73. The Morgan fingerprint density at radius 1 is 1.15 bits per heavy atom. The number of aryl methyl sites for hydroxylation is 1. The molecule has 0 fully saturated rings. The lowest BCUT2D eigenvalue weighted by Gasteiger charge is -2.16. The Hall–Kier alpha value is -3.12. The fourth-order valence-corrected chi connectivity index (χ4v) is 2.80. The molecule has 0 aliphatic rings. The lowest BCUT2D eigenvalue weighted by Crippen LogP contribution is -2.19. The second-order valence-corrected chi connectivity index (χ2v) is 6.26. The summed E-state index contributed by atoms with van der Waals surface area (Å²) in [6, 6.07) is 11.3. The maximum absolute atomic E-state index is 11.5. The fourth-order valence-electron chi connectivity index (χ4n) is 2.80. The minimum absolute atomic E-state index is 0.0942. The highest BCUT2D eigenvalue weighted by molar-refractivity contribution is 5.89. The van der Waals surface area contributed by atoms with Crippen LogP contribution in [0.5, 0.6) is 0 Å². The molecule has 1 aromatic carbocycles. The maximum atomic E-state index is 11.5. The molecule has 0 saturated carbocycles. The van der Waals surface area contributed by atoms with Crippen LogP contribution in [0.2, 0.25) is 0 Å². The summed E-state index contributed by atoms with van der Waals surface area (Å²) in [5.74, 6) is 0.370. The van der Waals surface area contributed by atoms with E-state index in [4.69, 9.17) is 4.74 Å². The molecule has 6 nitrogen and oxygen atoms in total. The third kappa shape index (κ3) is 4.54. The van der Waals surface area contributed by atoms with Crippen molar-refractivity contribution in [2.24, 2.45) is 0 Å². The predicted octanol–water partition coefficient (Wildman–Crippen LogP) is 3.48. The SMILES string of the molecule is COC(=O)c1ccc(CN[C@@H](C)c2cnc(-c3ccncc3)nc2C)cc1. The number of carbonyl (C=O) groups excluding carboxylic acids is 1. The smallest absolute Gasteiger partial charge is 0.337 e. The average Bonchev–Trinajstić information content (AvgIpc) is 2.72. The Bertz CT molecular complexity index is 911. The molecule has 6 heteroatoms. The van der Waals surface area contributed by atoms with Crippen LogP contribution in [-0.4, -0.2) is 28.0 Å². The fraction of sp³-hybridized carbons (Fsp3) is 0.238. The van der Waals surface area contributed by atoms with Crippen molar-refractivity contribution < 1.29 is 9.53 Å². The van der Waals surface area contributed by atoms with Gasteiger partial charge in [0.15, 0.2) is 5.82 Å². The number of ether oxygens (including phenoxy) is 1. The molecule has 0 aliphatic carbocycles. The number of rotatable bonds is 6. The molecule has 0 spiro atoms. The van der Waals surface area contributed by atoms with E-state index in [0.29, 0.717) is 17.9 Å². The Labute approximate surface area is 158 Å². The van der Waals surface area contributed by atoms with Gasteiger partial charge < -0.3 is 10.1 Å². The van der Waals surface area contributed by atoms with Crippen LogP contribution in [0.3, 0.4) is 0 Å². The van der Waals surface area contributed by atoms with Gasteiger partial charge in [-0.25, -0.2) is 14.8 Å². The van der Waals surface area contributed by atoms with Crippen LogP contribution in [0.1, 0.15) is 40.1 Å². The normalized spacial score (nSPS) is 11.8. The average molecular weight is 362 g/mol. The molecule has 0 bridgehead atoms. The summed E-state index contributed by atoms with van der Waals surface area (Å²) in [5, 5.41) is 3.47. The molecule has 138 valence electrons. The summed E-state index contributed by atoms with van der Waals surface area (Å²) in [7, 11) is 1.38. The van der Waals surface area contributed by atoms with Crippen molar-refractivity contribution in [2.75, 3.05) is 7.11 Å². The quantitative estimate of drug-likeness (QED) is 0.677. The number of methoxy groups -OCH3 is 1. The Kier molecular flexibility index (Phi) is 5.88. The van der Waals surface area contributed by atoms with Crippen molar-refractivity contribution in [3.05, 3.63) is 77.4 Å². The molecule has 1 N–H and O–H groups in total. The number of pyridine rings is 1. The molecular weight excluding hydrogens is 340 g/mol. The molecule has 27 heavy (non-hydrogen) atoms. The summed E-state index contributed by atoms with van der Waals surface area (Å²) in [5.41, 5.74) is 4.58. The zero-order chi connectivity index (χ0) is 19.2. The van der Waals surface area contributed by atoms with Gasteiger partial charge in [0.1, 0.15) is 0 Å². The number of benzene rings is 1.